The average molecular weight is 358 g/mol. The second-order valence-electron chi connectivity index (χ2n) is 5.91. The van der Waals surface area contributed by atoms with Gasteiger partial charge in [0.25, 0.3) is 0 Å². The van der Waals surface area contributed by atoms with Crippen LogP contribution in [0.25, 0.3) is 0 Å². The number of benzene rings is 1. The van der Waals surface area contributed by atoms with Gasteiger partial charge in [-0.3, -0.25) is 9.79 Å². The van der Waals surface area contributed by atoms with Gasteiger partial charge in [0.1, 0.15) is 17.8 Å². The topological polar surface area (TPSA) is 108 Å². The van der Waals surface area contributed by atoms with E-state index in [9.17, 15) is 9.18 Å². The largest absolute Gasteiger partial charge is 0.404 e. The summed E-state index contributed by atoms with van der Waals surface area (Å²) in [6.45, 7) is 0. The zero-order valence-electron chi connectivity index (χ0n) is 14.5. The van der Waals surface area contributed by atoms with Gasteiger partial charge in [0, 0.05) is 36.5 Å². The summed E-state index contributed by atoms with van der Waals surface area (Å²) in [5.41, 5.74) is 13.5. The van der Waals surface area contributed by atoms with E-state index in [0.717, 1.165) is 25.7 Å². The maximum Gasteiger partial charge on any atom is 0.184 e. The number of rotatable bonds is 10. The Hall–Kier alpha value is -2.80. The Morgan fingerprint density at radius 3 is 2.65 bits per heavy atom. The normalized spacial score (nSPS) is 13.2. The first-order valence-electron chi connectivity index (χ1n) is 8.50. The molecule has 6 nitrogen and oxygen atoms in total. The van der Waals surface area contributed by atoms with Crippen molar-refractivity contribution in [3.63, 3.8) is 0 Å². The highest BCUT2D eigenvalue weighted by molar-refractivity contribution is 5.93. The van der Waals surface area contributed by atoms with Crippen molar-refractivity contribution < 1.29 is 13.7 Å². The van der Waals surface area contributed by atoms with Gasteiger partial charge >= 0.3 is 0 Å². The minimum Gasteiger partial charge on any atom is -0.404 e. The van der Waals surface area contributed by atoms with E-state index >= 15 is 0 Å². The molecule has 0 spiro atoms. The monoisotopic (exact) mass is 358 g/mol. The first kappa shape index (κ1) is 19.5. The Labute approximate surface area is 151 Å². The molecule has 0 aliphatic carbocycles. The van der Waals surface area contributed by atoms with E-state index in [2.05, 4.69) is 14.7 Å². The Balaban J connectivity index is 1.70. The predicted octanol–water partition coefficient (Wildman–Crippen LogP) is 3.52. The zero-order valence-corrected chi connectivity index (χ0v) is 14.5. The van der Waals surface area contributed by atoms with Crippen LogP contribution in [0.4, 0.5) is 10.1 Å². The molecule has 138 valence electrons. The first-order valence-corrected chi connectivity index (χ1v) is 8.50. The average Bonchev–Trinajstić information content (AvgIpc) is 3.18. The van der Waals surface area contributed by atoms with Gasteiger partial charge in [-0.25, -0.2) is 4.39 Å². The number of carbonyl (C=O) groups is 1. The molecule has 2 rings (SSSR count). The summed E-state index contributed by atoms with van der Waals surface area (Å²) in [7, 11) is 0. The van der Waals surface area contributed by atoms with E-state index in [-0.39, 0.29) is 17.6 Å². The molecule has 0 amide bonds. The molecular weight excluding hydrogens is 335 g/mol. The number of Topliss-reactive ketones (excluding diaryl/α,β-unsaturated/α-hetero) is 1. The maximum atomic E-state index is 12.9. The van der Waals surface area contributed by atoms with Crippen molar-refractivity contribution in [2.24, 2.45) is 16.5 Å². The quantitative estimate of drug-likeness (QED) is 0.384. The van der Waals surface area contributed by atoms with E-state index in [0.29, 0.717) is 23.4 Å². The number of hydrogen-bond acceptors (Lipinski definition) is 6. The van der Waals surface area contributed by atoms with Gasteiger partial charge < -0.3 is 16.0 Å². The lowest BCUT2D eigenvalue weighted by Gasteiger charge is -2.11. The number of carbonyl (C=O) groups excluding carboxylic acids is 1. The summed E-state index contributed by atoms with van der Waals surface area (Å²) in [5.74, 6) is -0.325. The molecule has 1 heterocycles. The molecule has 2 aromatic rings. The van der Waals surface area contributed by atoms with Gasteiger partial charge in [-0.2, -0.15) is 0 Å². The number of ketones is 1. The van der Waals surface area contributed by atoms with Gasteiger partial charge in [0.15, 0.2) is 5.78 Å². The fraction of sp³-hybridized carbons (Fsp3) is 0.316. The Bertz CT molecular complexity index is 739. The zero-order chi connectivity index (χ0) is 18.8. The van der Waals surface area contributed by atoms with Crippen molar-refractivity contribution in [3.05, 3.63) is 59.9 Å². The third-order valence-electron chi connectivity index (χ3n) is 3.95. The molecule has 1 aromatic heterocycles. The van der Waals surface area contributed by atoms with E-state index in [1.165, 1.54) is 24.6 Å². The molecule has 0 saturated heterocycles. The fourth-order valence-electron chi connectivity index (χ4n) is 2.42. The van der Waals surface area contributed by atoms with Crippen LogP contribution in [0.15, 0.2) is 57.9 Å². The molecule has 4 N–H and O–H groups in total. The molecule has 0 radical (unpaired) electrons. The van der Waals surface area contributed by atoms with Gasteiger partial charge in [0.2, 0.25) is 0 Å². The fourth-order valence-corrected chi connectivity index (χ4v) is 2.42. The lowest BCUT2D eigenvalue weighted by Crippen LogP contribution is -2.24. The second kappa shape index (κ2) is 10.2. The molecular formula is C19H23FN4O2. The molecule has 1 atom stereocenters. The molecule has 1 aromatic carbocycles. The van der Waals surface area contributed by atoms with Crippen molar-refractivity contribution in [1.29, 1.82) is 0 Å². The number of hydrogen-bond donors (Lipinski definition) is 2. The van der Waals surface area contributed by atoms with E-state index in [4.69, 9.17) is 11.5 Å². The SMILES string of the molecule is NC=C(C=Nc1ccc(F)cc1)C(N)CCCCCC(=O)c1ccon1. The standard InChI is InChI=1S/C19H23FN4O2/c20-15-6-8-16(9-7-15)23-13-14(12-21)17(22)4-2-1-3-5-19(25)18-10-11-26-24-18/h6-13,17H,1-5,21-22H2. The number of aliphatic imine (C=N–C) groups is 1. The summed E-state index contributed by atoms with van der Waals surface area (Å²) < 4.78 is 17.5. The highest BCUT2D eigenvalue weighted by atomic mass is 19.1. The van der Waals surface area contributed by atoms with Crippen LogP contribution in [-0.2, 0) is 0 Å². The molecule has 1 unspecified atom stereocenters. The van der Waals surface area contributed by atoms with Crippen LogP contribution in [0.1, 0.15) is 42.6 Å². The Morgan fingerprint density at radius 2 is 2.00 bits per heavy atom. The van der Waals surface area contributed by atoms with Crippen molar-refractivity contribution >= 4 is 17.7 Å². The van der Waals surface area contributed by atoms with Crippen LogP contribution in [0, 0.1) is 5.82 Å². The molecule has 0 saturated carbocycles. The summed E-state index contributed by atoms with van der Waals surface area (Å²) in [5, 5.41) is 3.63. The summed E-state index contributed by atoms with van der Waals surface area (Å²) in [6.07, 6.45) is 8.12. The molecule has 26 heavy (non-hydrogen) atoms. The van der Waals surface area contributed by atoms with Crippen molar-refractivity contribution in [1.82, 2.24) is 5.16 Å². The van der Waals surface area contributed by atoms with E-state index in [1.807, 2.05) is 0 Å². The smallest absolute Gasteiger partial charge is 0.184 e. The predicted molar refractivity (Wildman–Crippen MR) is 98.7 cm³/mol. The van der Waals surface area contributed by atoms with Crippen LogP contribution in [-0.4, -0.2) is 23.2 Å². The van der Waals surface area contributed by atoms with Gasteiger partial charge in [-0.1, -0.05) is 18.0 Å². The van der Waals surface area contributed by atoms with Crippen molar-refractivity contribution in [3.8, 4) is 0 Å². The van der Waals surface area contributed by atoms with Crippen LogP contribution in [0.3, 0.4) is 0 Å². The second-order valence-corrected chi connectivity index (χ2v) is 5.91. The van der Waals surface area contributed by atoms with Gasteiger partial charge in [-0.05, 0) is 37.1 Å². The molecule has 0 aliphatic heterocycles. The first-order chi connectivity index (χ1) is 12.6. The minimum atomic E-state index is -0.308. The molecule has 0 fully saturated rings. The third-order valence-corrected chi connectivity index (χ3v) is 3.95. The summed E-state index contributed by atoms with van der Waals surface area (Å²) >= 11 is 0. The number of unbranched alkanes of at least 4 members (excludes halogenated alkanes) is 2. The number of nitrogens with two attached hydrogens (primary N) is 2. The van der Waals surface area contributed by atoms with E-state index < -0.39 is 0 Å². The van der Waals surface area contributed by atoms with Gasteiger partial charge in [-0.15, -0.1) is 0 Å². The van der Waals surface area contributed by atoms with Crippen LogP contribution < -0.4 is 11.5 Å². The Morgan fingerprint density at radius 1 is 1.23 bits per heavy atom. The van der Waals surface area contributed by atoms with Crippen LogP contribution >= 0.6 is 0 Å². The highest BCUT2D eigenvalue weighted by Crippen LogP contribution is 2.14. The van der Waals surface area contributed by atoms with E-state index in [1.54, 1.807) is 24.4 Å². The number of nitrogens with zero attached hydrogens (tertiary/aromatic N) is 2. The lowest BCUT2D eigenvalue weighted by atomic mass is 10.0. The summed E-state index contributed by atoms with van der Waals surface area (Å²) in [4.78, 5) is 16.0. The van der Waals surface area contributed by atoms with Crippen LogP contribution in [0.5, 0.6) is 0 Å². The van der Waals surface area contributed by atoms with Crippen LogP contribution in [0.2, 0.25) is 0 Å². The Kier molecular flexibility index (Phi) is 7.70. The maximum absolute atomic E-state index is 12.9. The minimum absolute atomic E-state index is 0.0166. The highest BCUT2D eigenvalue weighted by Gasteiger charge is 2.10. The molecule has 0 aliphatic rings. The molecule has 0 bridgehead atoms. The lowest BCUT2D eigenvalue weighted by molar-refractivity contribution is 0.0970. The molecule has 7 heteroatoms. The number of halogens is 1. The third kappa shape index (κ3) is 6.25. The van der Waals surface area contributed by atoms with Gasteiger partial charge in [0.05, 0.1) is 5.69 Å². The summed E-state index contributed by atoms with van der Waals surface area (Å²) in [6, 6.07) is 7.18. The number of aromatic nitrogens is 1. The van der Waals surface area contributed by atoms with Crippen molar-refractivity contribution in [2.45, 2.75) is 38.1 Å². The van der Waals surface area contributed by atoms with Crippen molar-refractivity contribution in [2.75, 3.05) is 0 Å².